The molecule has 0 heterocycles. The molecule has 2 atom stereocenters. The standard InChI is InChI=1S/C30H62S/c1-5-9-13-15-17-19-21-23-27-29(25-11-7-3)31-30(26-12-8-4)28-24-22-20-18-16-14-10-6-2/h29-30H,5-28H2,1-4H3. The molecule has 188 valence electrons. The van der Waals surface area contributed by atoms with E-state index in [1.165, 1.54) is 154 Å². The Labute approximate surface area is 203 Å². The average molecular weight is 455 g/mol. The average Bonchev–Trinajstić information content (AvgIpc) is 2.78. The Morgan fingerprint density at radius 3 is 0.903 bits per heavy atom. The van der Waals surface area contributed by atoms with E-state index in [0.717, 1.165) is 10.5 Å². The van der Waals surface area contributed by atoms with Gasteiger partial charge in [0.2, 0.25) is 0 Å². The lowest BCUT2D eigenvalue weighted by Crippen LogP contribution is -2.12. The third-order valence-electron chi connectivity index (χ3n) is 6.90. The zero-order chi connectivity index (χ0) is 22.8. The van der Waals surface area contributed by atoms with Crippen molar-refractivity contribution in [3.05, 3.63) is 0 Å². The van der Waals surface area contributed by atoms with Crippen LogP contribution >= 0.6 is 11.8 Å². The summed E-state index contributed by atoms with van der Waals surface area (Å²) in [7, 11) is 0. The molecule has 0 aromatic carbocycles. The summed E-state index contributed by atoms with van der Waals surface area (Å²) >= 11 is 2.42. The Morgan fingerprint density at radius 1 is 0.323 bits per heavy atom. The maximum atomic E-state index is 2.42. The summed E-state index contributed by atoms with van der Waals surface area (Å²) in [5.41, 5.74) is 0. The second-order valence-corrected chi connectivity index (χ2v) is 11.8. The predicted octanol–water partition coefficient (Wildman–Crippen LogP) is 11.9. The Balaban J connectivity index is 4.13. The molecule has 0 radical (unpaired) electrons. The Hall–Kier alpha value is 0.350. The predicted molar refractivity (Wildman–Crippen MR) is 149 cm³/mol. The highest BCUT2D eigenvalue weighted by molar-refractivity contribution is 8.00. The molecule has 0 aliphatic carbocycles. The lowest BCUT2D eigenvalue weighted by atomic mass is 10.0. The van der Waals surface area contributed by atoms with Crippen molar-refractivity contribution in [2.24, 2.45) is 0 Å². The van der Waals surface area contributed by atoms with Crippen LogP contribution in [0.25, 0.3) is 0 Å². The van der Waals surface area contributed by atoms with Crippen molar-refractivity contribution in [3.63, 3.8) is 0 Å². The van der Waals surface area contributed by atoms with Crippen molar-refractivity contribution in [1.29, 1.82) is 0 Å². The fourth-order valence-electron chi connectivity index (χ4n) is 4.71. The van der Waals surface area contributed by atoms with E-state index in [-0.39, 0.29) is 0 Å². The van der Waals surface area contributed by atoms with Gasteiger partial charge in [0.15, 0.2) is 0 Å². The molecule has 0 amide bonds. The first-order chi connectivity index (χ1) is 15.3. The van der Waals surface area contributed by atoms with Crippen molar-refractivity contribution in [3.8, 4) is 0 Å². The summed E-state index contributed by atoms with van der Waals surface area (Å²) in [6.45, 7) is 9.37. The number of unbranched alkanes of at least 4 members (excludes halogenated alkanes) is 16. The van der Waals surface area contributed by atoms with Crippen LogP contribution in [0, 0.1) is 0 Å². The molecule has 0 aliphatic rings. The highest BCUT2D eigenvalue weighted by Crippen LogP contribution is 2.33. The normalized spacial score (nSPS) is 13.5. The highest BCUT2D eigenvalue weighted by atomic mass is 32.2. The van der Waals surface area contributed by atoms with Gasteiger partial charge >= 0.3 is 0 Å². The molecular weight excluding hydrogens is 392 g/mol. The maximum absolute atomic E-state index is 2.42. The molecule has 0 aromatic rings. The molecule has 31 heavy (non-hydrogen) atoms. The van der Waals surface area contributed by atoms with E-state index in [9.17, 15) is 0 Å². The van der Waals surface area contributed by atoms with Crippen molar-refractivity contribution in [1.82, 2.24) is 0 Å². The number of hydrogen-bond donors (Lipinski definition) is 0. The molecular formula is C30H62S. The molecule has 0 saturated carbocycles. The molecule has 0 saturated heterocycles. The molecule has 0 nitrogen and oxygen atoms in total. The van der Waals surface area contributed by atoms with Gasteiger partial charge in [-0.2, -0.15) is 11.8 Å². The quantitative estimate of drug-likeness (QED) is 0.117. The van der Waals surface area contributed by atoms with Crippen molar-refractivity contribution >= 4 is 11.8 Å². The fourth-order valence-corrected chi connectivity index (χ4v) is 6.46. The van der Waals surface area contributed by atoms with Crippen LogP contribution in [0.1, 0.15) is 182 Å². The van der Waals surface area contributed by atoms with E-state index >= 15 is 0 Å². The Bertz CT molecular complexity index is 284. The third kappa shape index (κ3) is 23.3. The first-order valence-corrected chi connectivity index (χ1v) is 15.9. The minimum Gasteiger partial charge on any atom is -0.155 e. The summed E-state index contributed by atoms with van der Waals surface area (Å²) in [6, 6.07) is 0. The molecule has 2 unspecified atom stereocenters. The van der Waals surface area contributed by atoms with E-state index in [1.807, 2.05) is 0 Å². The molecule has 0 aromatic heterocycles. The van der Waals surface area contributed by atoms with E-state index in [4.69, 9.17) is 0 Å². The van der Waals surface area contributed by atoms with Crippen LogP contribution in [-0.4, -0.2) is 10.5 Å². The van der Waals surface area contributed by atoms with Gasteiger partial charge < -0.3 is 0 Å². The zero-order valence-electron chi connectivity index (χ0n) is 22.5. The summed E-state index contributed by atoms with van der Waals surface area (Å²) in [4.78, 5) is 0. The van der Waals surface area contributed by atoms with Gasteiger partial charge in [-0.05, 0) is 25.7 Å². The van der Waals surface area contributed by atoms with E-state index < -0.39 is 0 Å². The summed E-state index contributed by atoms with van der Waals surface area (Å²) in [6.07, 6.45) is 34.8. The van der Waals surface area contributed by atoms with Crippen LogP contribution in [0.5, 0.6) is 0 Å². The lowest BCUT2D eigenvalue weighted by molar-refractivity contribution is 0.537. The van der Waals surface area contributed by atoms with Crippen LogP contribution in [0.2, 0.25) is 0 Å². The number of rotatable bonds is 26. The number of thioether (sulfide) groups is 1. The van der Waals surface area contributed by atoms with Gasteiger partial charge in [-0.15, -0.1) is 0 Å². The molecule has 0 fully saturated rings. The molecule has 1 heteroatoms. The summed E-state index contributed by atoms with van der Waals surface area (Å²) in [5, 5.41) is 1.88. The first kappa shape index (κ1) is 31.4. The van der Waals surface area contributed by atoms with Gasteiger partial charge in [-0.3, -0.25) is 0 Å². The van der Waals surface area contributed by atoms with Gasteiger partial charge in [-0.25, -0.2) is 0 Å². The topological polar surface area (TPSA) is 0 Å². The molecule has 0 spiro atoms. The monoisotopic (exact) mass is 454 g/mol. The molecule has 0 rings (SSSR count). The zero-order valence-corrected chi connectivity index (χ0v) is 23.4. The van der Waals surface area contributed by atoms with Gasteiger partial charge in [0.25, 0.3) is 0 Å². The van der Waals surface area contributed by atoms with E-state index in [1.54, 1.807) is 0 Å². The Kier molecular flexibility index (Phi) is 26.9. The Morgan fingerprint density at radius 2 is 0.581 bits per heavy atom. The van der Waals surface area contributed by atoms with Crippen LogP contribution < -0.4 is 0 Å². The van der Waals surface area contributed by atoms with Gasteiger partial charge in [-0.1, -0.05) is 156 Å². The van der Waals surface area contributed by atoms with Crippen LogP contribution in [0.3, 0.4) is 0 Å². The molecule has 0 bridgehead atoms. The second kappa shape index (κ2) is 26.6. The summed E-state index contributed by atoms with van der Waals surface area (Å²) in [5.74, 6) is 0. The van der Waals surface area contributed by atoms with Crippen molar-refractivity contribution < 1.29 is 0 Å². The SMILES string of the molecule is CCCCCCCCCCC(CCCC)SC(CCCC)CCCCCCCCCC. The van der Waals surface area contributed by atoms with Crippen molar-refractivity contribution in [2.75, 3.05) is 0 Å². The maximum Gasteiger partial charge on any atom is 0.00498 e. The first-order valence-electron chi connectivity index (χ1n) is 14.9. The minimum absolute atomic E-state index is 0.941. The summed E-state index contributed by atoms with van der Waals surface area (Å²) < 4.78 is 0. The molecule has 0 N–H and O–H groups in total. The van der Waals surface area contributed by atoms with E-state index in [2.05, 4.69) is 39.5 Å². The van der Waals surface area contributed by atoms with Crippen LogP contribution in [0.15, 0.2) is 0 Å². The van der Waals surface area contributed by atoms with Crippen LogP contribution in [-0.2, 0) is 0 Å². The van der Waals surface area contributed by atoms with Gasteiger partial charge in [0.05, 0.1) is 0 Å². The largest absolute Gasteiger partial charge is 0.155 e. The third-order valence-corrected chi connectivity index (χ3v) is 8.62. The minimum atomic E-state index is 0.941. The second-order valence-electron chi connectivity index (χ2n) is 10.2. The van der Waals surface area contributed by atoms with Crippen LogP contribution in [0.4, 0.5) is 0 Å². The lowest BCUT2D eigenvalue weighted by Gasteiger charge is -2.24. The smallest absolute Gasteiger partial charge is 0.00498 e. The van der Waals surface area contributed by atoms with E-state index in [0.29, 0.717) is 0 Å². The number of hydrogen-bond acceptors (Lipinski definition) is 1. The molecule has 0 aliphatic heterocycles. The van der Waals surface area contributed by atoms with Crippen molar-refractivity contribution in [2.45, 2.75) is 192 Å². The fraction of sp³-hybridized carbons (Fsp3) is 1.00. The highest BCUT2D eigenvalue weighted by Gasteiger charge is 2.16. The van der Waals surface area contributed by atoms with Gasteiger partial charge in [0, 0.05) is 10.5 Å². The van der Waals surface area contributed by atoms with Gasteiger partial charge in [0.1, 0.15) is 0 Å².